The average molecular weight is 224 g/mol. The van der Waals surface area contributed by atoms with Crippen molar-refractivity contribution in [1.82, 2.24) is 0 Å². The van der Waals surface area contributed by atoms with Crippen LogP contribution in [-0.2, 0) is 9.53 Å². The predicted octanol–water partition coefficient (Wildman–Crippen LogP) is 4.02. The highest BCUT2D eigenvalue weighted by Gasteiger charge is 1.90. The lowest BCUT2D eigenvalue weighted by atomic mass is 10.2. The number of ether oxygens (including phenoxy) is 1. The lowest BCUT2D eigenvalue weighted by Crippen LogP contribution is -1.99. The van der Waals surface area contributed by atoms with Gasteiger partial charge in [-0.25, -0.2) is 0 Å². The van der Waals surface area contributed by atoms with E-state index in [-0.39, 0.29) is 5.97 Å². The fourth-order valence-corrected chi connectivity index (χ4v) is 1.25. The van der Waals surface area contributed by atoms with E-state index in [9.17, 15) is 4.79 Å². The van der Waals surface area contributed by atoms with Crippen LogP contribution in [0, 0.1) is 0 Å². The van der Waals surface area contributed by atoms with Crippen LogP contribution < -0.4 is 0 Å². The molecule has 0 spiro atoms. The van der Waals surface area contributed by atoms with E-state index in [1.807, 2.05) is 0 Å². The Morgan fingerprint density at radius 3 is 2.25 bits per heavy atom. The molecule has 0 aliphatic rings. The minimum atomic E-state index is -0.186. The van der Waals surface area contributed by atoms with E-state index >= 15 is 0 Å². The number of allylic oxidation sites excluding steroid dienone is 4. The number of hydrogen-bond acceptors (Lipinski definition) is 2. The van der Waals surface area contributed by atoms with Crippen LogP contribution in [0.5, 0.6) is 0 Å². The van der Waals surface area contributed by atoms with Gasteiger partial charge in [-0.05, 0) is 25.7 Å². The van der Waals surface area contributed by atoms with Crippen molar-refractivity contribution in [1.29, 1.82) is 0 Å². The summed E-state index contributed by atoms with van der Waals surface area (Å²) in [7, 11) is 0. The number of unbranched alkanes of at least 4 members (excludes halogenated alkanes) is 4. The Labute approximate surface area is 99.4 Å². The summed E-state index contributed by atoms with van der Waals surface area (Å²) in [4.78, 5) is 10.5. The number of hydrogen-bond donors (Lipinski definition) is 0. The molecule has 2 nitrogen and oxygen atoms in total. The molecule has 0 heterocycles. The minimum absolute atomic E-state index is 0.186. The number of carbonyl (C=O) groups is 1. The summed E-state index contributed by atoms with van der Waals surface area (Å²) in [5, 5.41) is 0. The van der Waals surface area contributed by atoms with Crippen LogP contribution in [-0.4, -0.2) is 12.6 Å². The third kappa shape index (κ3) is 12.9. The van der Waals surface area contributed by atoms with Crippen LogP contribution in [0.1, 0.15) is 52.4 Å². The third-order valence-electron chi connectivity index (χ3n) is 2.18. The van der Waals surface area contributed by atoms with Crippen molar-refractivity contribution in [3.8, 4) is 0 Å². The zero-order valence-corrected chi connectivity index (χ0v) is 10.6. The van der Waals surface area contributed by atoms with Gasteiger partial charge in [0, 0.05) is 6.92 Å². The quantitative estimate of drug-likeness (QED) is 0.336. The first-order valence-electron chi connectivity index (χ1n) is 6.22. The van der Waals surface area contributed by atoms with Crippen LogP contribution >= 0.6 is 0 Å². The lowest BCUT2D eigenvalue weighted by molar-refractivity contribution is -0.141. The predicted molar refractivity (Wildman–Crippen MR) is 68.3 cm³/mol. The molecule has 0 aromatic rings. The molecule has 0 aliphatic heterocycles. The molecule has 0 atom stereocenters. The first-order chi connectivity index (χ1) is 7.77. The van der Waals surface area contributed by atoms with E-state index in [0.717, 1.165) is 19.3 Å². The van der Waals surface area contributed by atoms with Crippen LogP contribution in [0.2, 0.25) is 0 Å². The Balaban J connectivity index is 3.21. The highest BCUT2D eigenvalue weighted by Crippen LogP contribution is 1.99. The maximum atomic E-state index is 10.5. The molecule has 0 rings (SSSR count). The third-order valence-corrected chi connectivity index (χ3v) is 2.18. The molecule has 0 aliphatic carbocycles. The van der Waals surface area contributed by atoms with Crippen LogP contribution in [0.15, 0.2) is 24.3 Å². The second kappa shape index (κ2) is 12.0. The smallest absolute Gasteiger partial charge is 0.302 e. The summed E-state index contributed by atoms with van der Waals surface area (Å²) < 4.78 is 4.84. The molecule has 16 heavy (non-hydrogen) atoms. The maximum absolute atomic E-state index is 10.5. The van der Waals surface area contributed by atoms with Gasteiger partial charge < -0.3 is 4.74 Å². The number of rotatable bonds is 9. The Morgan fingerprint density at radius 2 is 1.69 bits per heavy atom. The highest BCUT2D eigenvalue weighted by atomic mass is 16.5. The molecule has 0 unspecified atom stereocenters. The maximum Gasteiger partial charge on any atom is 0.302 e. The lowest BCUT2D eigenvalue weighted by Gasteiger charge is -1.98. The Kier molecular flexibility index (Phi) is 11.2. The summed E-state index contributed by atoms with van der Waals surface area (Å²) in [6.45, 7) is 4.20. The average Bonchev–Trinajstić information content (AvgIpc) is 2.25. The molecule has 0 bridgehead atoms. The van der Waals surface area contributed by atoms with Gasteiger partial charge in [-0.2, -0.15) is 0 Å². The van der Waals surface area contributed by atoms with Crippen molar-refractivity contribution in [2.75, 3.05) is 6.61 Å². The van der Waals surface area contributed by atoms with Crippen LogP contribution in [0.4, 0.5) is 0 Å². The molecule has 0 N–H and O–H groups in total. The molecule has 92 valence electrons. The summed E-state index contributed by atoms with van der Waals surface area (Å²) in [5.74, 6) is -0.186. The summed E-state index contributed by atoms with van der Waals surface area (Å²) in [6, 6.07) is 0. The largest absolute Gasteiger partial charge is 0.466 e. The van der Waals surface area contributed by atoms with Crippen LogP contribution in [0.25, 0.3) is 0 Å². The molecule has 0 fully saturated rings. The van der Waals surface area contributed by atoms with E-state index in [2.05, 4.69) is 31.2 Å². The summed E-state index contributed by atoms with van der Waals surface area (Å²) >= 11 is 0. The molecular formula is C14H24O2. The molecule has 0 aromatic heterocycles. The van der Waals surface area contributed by atoms with Crippen molar-refractivity contribution in [2.45, 2.75) is 52.4 Å². The minimum Gasteiger partial charge on any atom is -0.466 e. The normalized spacial score (nSPS) is 11.4. The summed E-state index contributed by atoms with van der Waals surface area (Å²) in [6.07, 6.45) is 15.4. The molecule has 0 aromatic carbocycles. The molecule has 0 radical (unpaired) electrons. The first-order valence-corrected chi connectivity index (χ1v) is 6.22. The van der Waals surface area contributed by atoms with Crippen molar-refractivity contribution in [3.63, 3.8) is 0 Å². The molecular weight excluding hydrogens is 200 g/mol. The van der Waals surface area contributed by atoms with Crippen molar-refractivity contribution < 1.29 is 9.53 Å². The van der Waals surface area contributed by atoms with Gasteiger partial charge in [0.15, 0.2) is 0 Å². The van der Waals surface area contributed by atoms with Crippen molar-refractivity contribution in [2.24, 2.45) is 0 Å². The van der Waals surface area contributed by atoms with Gasteiger partial charge in [-0.3, -0.25) is 4.79 Å². The van der Waals surface area contributed by atoms with E-state index in [1.54, 1.807) is 0 Å². The van der Waals surface area contributed by atoms with E-state index in [0.29, 0.717) is 6.61 Å². The van der Waals surface area contributed by atoms with E-state index in [1.165, 1.54) is 26.2 Å². The fraction of sp³-hybridized carbons (Fsp3) is 0.643. The van der Waals surface area contributed by atoms with Crippen molar-refractivity contribution >= 4 is 5.97 Å². The van der Waals surface area contributed by atoms with E-state index in [4.69, 9.17) is 4.74 Å². The topological polar surface area (TPSA) is 26.3 Å². The second-order valence-electron chi connectivity index (χ2n) is 3.83. The zero-order valence-electron chi connectivity index (χ0n) is 10.6. The molecule has 0 saturated heterocycles. The molecule has 2 heteroatoms. The van der Waals surface area contributed by atoms with Gasteiger partial charge in [-0.15, -0.1) is 0 Å². The van der Waals surface area contributed by atoms with Gasteiger partial charge in [-0.1, -0.05) is 44.1 Å². The second-order valence-corrected chi connectivity index (χ2v) is 3.83. The summed E-state index contributed by atoms with van der Waals surface area (Å²) in [5.41, 5.74) is 0. The zero-order chi connectivity index (χ0) is 12.1. The number of esters is 1. The SMILES string of the molecule is CCCCC=CC=CCCCCOC(C)=O. The van der Waals surface area contributed by atoms with Gasteiger partial charge >= 0.3 is 5.97 Å². The Bertz CT molecular complexity index is 217. The van der Waals surface area contributed by atoms with Crippen molar-refractivity contribution in [3.05, 3.63) is 24.3 Å². The Hall–Kier alpha value is -1.05. The molecule has 0 saturated carbocycles. The van der Waals surface area contributed by atoms with Crippen LogP contribution in [0.3, 0.4) is 0 Å². The standard InChI is InChI=1S/C14H24O2/c1-3-4-5-6-7-8-9-10-11-12-13-16-14(2)15/h6-9H,3-5,10-13H2,1-2H3. The number of carbonyl (C=O) groups excluding carboxylic acids is 1. The van der Waals surface area contributed by atoms with Gasteiger partial charge in [0.2, 0.25) is 0 Å². The fourth-order valence-electron chi connectivity index (χ4n) is 1.25. The molecule has 0 amide bonds. The van der Waals surface area contributed by atoms with E-state index < -0.39 is 0 Å². The highest BCUT2D eigenvalue weighted by molar-refractivity contribution is 5.65. The Morgan fingerprint density at radius 1 is 1.06 bits per heavy atom. The monoisotopic (exact) mass is 224 g/mol. The van der Waals surface area contributed by atoms with Gasteiger partial charge in [0.25, 0.3) is 0 Å². The van der Waals surface area contributed by atoms with Gasteiger partial charge in [0.05, 0.1) is 6.61 Å². The first kappa shape index (κ1) is 14.9. The van der Waals surface area contributed by atoms with Gasteiger partial charge in [0.1, 0.15) is 0 Å².